The first-order chi connectivity index (χ1) is 14.6. The molecule has 0 unspecified atom stereocenters. The second kappa shape index (κ2) is 7.31. The van der Waals surface area contributed by atoms with Crippen LogP contribution in [-0.2, 0) is 0 Å². The van der Waals surface area contributed by atoms with E-state index in [1.165, 1.54) is 0 Å². The molecule has 0 spiro atoms. The first-order valence-corrected chi connectivity index (χ1v) is 9.82. The van der Waals surface area contributed by atoms with Gasteiger partial charge in [-0.1, -0.05) is 41.4 Å². The van der Waals surface area contributed by atoms with Crippen molar-refractivity contribution in [3.05, 3.63) is 77.7 Å². The Morgan fingerprint density at radius 3 is 2.70 bits per heavy atom. The highest BCUT2D eigenvalue weighted by Gasteiger charge is 2.12. The third kappa shape index (κ3) is 3.11. The molecule has 0 aliphatic rings. The number of hydrogen-bond donors (Lipinski definition) is 1. The molecule has 0 radical (unpaired) electrons. The summed E-state index contributed by atoms with van der Waals surface area (Å²) in [7, 11) is 1.67. The zero-order valence-electron chi connectivity index (χ0n) is 16.4. The number of aryl methyl sites for hydroxylation is 1. The van der Waals surface area contributed by atoms with Crippen LogP contribution in [0.15, 0.2) is 67.0 Å². The number of nitrogens with zero attached hydrogens (tertiary/aromatic N) is 4. The minimum absolute atomic E-state index is 0.394. The first kappa shape index (κ1) is 18.4. The van der Waals surface area contributed by atoms with Gasteiger partial charge >= 0.3 is 0 Å². The van der Waals surface area contributed by atoms with Crippen LogP contribution in [0.2, 0.25) is 5.15 Å². The van der Waals surface area contributed by atoms with Gasteiger partial charge in [0.05, 0.1) is 23.8 Å². The highest BCUT2D eigenvalue weighted by atomic mass is 35.5. The molecule has 6 nitrogen and oxygen atoms in total. The molecule has 0 saturated heterocycles. The minimum Gasteiger partial charge on any atom is -0.495 e. The molecular weight excluding hydrogens is 398 g/mol. The number of anilines is 2. The Morgan fingerprint density at radius 2 is 1.83 bits per heavy atom. The third-order valence-corrected chi connectivity index (χ3v) is 5.32. The van der Waals surface area contributed by atoms with Crippen molar-refractivity contribution < 1.29 is 4.74 Å². The van der Waals surface area contributed by atoms with Crippen LogP contribution in [0, 0.1) is 6.92 Å². The summed E-state index contributed by atoms with van der Waals surface area (Å²) in [6.45, 7) is 2.02. The van der Waals surface area contributed by atoms with Crippen LogP contribution in [0.3, 0.4) is 0 Å². The van der Waals surface area contributed by atoms with Gasteiger partial charge in [-0.3, -0.25) is 4.57 Å². The largest absolute Gasteiger partial charge is 0.495 e. The molecule has 0 atom stereocenters. The van der Waals surface area contributed by atoms with Gasteiger partial charge in [0.2, 0.25) is 0 Å². The highest BCUT2D eigenvalue weighted by molar-refractivity contribution is 6.34. The number of hydrogen-bond acceptors (Lipinski definition) is 5. The van der Waals surface area contributed by atoms with E-state index < -0.39 is 0 Å². The molecule has 0 aliphatic carbocycles. The Morgan fingerprint density at radius 1 is 0.967 bits per heavy atom. The van der Waals surface area contributed by atoms with Gasteiger partial charge in [0.15, 0.2) is 11.0 Å². The summed E-state index contributed by atoms with van der Waals surface area (Å²) >= 11 is 6.24. The summed E-state index contributed by atoms with van der Waals surface area (Å²) in [5.41, 5.74) is 4.76. The van der Waals surface area contributed by atoms with Crippen molar-refractivity contribution in [3.63, 3.8) is 0 Å². The molecule has 2 heterocycles. The third-order valence-electron chi connectivity index (χ3n) is 5.04. The normalized spacial score (nSPS) is 11.2. The van der Waals surface area contributed by atoms with E-state index in [1.54, 1.807) is 13.4 Å². The summed E-state index contributed by atoms with van der Waals surface area (Å²) < 4.78 is 7.50. The Bertz CT molecular complexity index is 1400. The number of fused-ring (bicyclic) bond motifs is 2. The van der Waals surface area contributed by atoms with Crippen LogP contribution >= 0.6 is 11.6 Å². The van der Waals surface area contributed by atoms with Crippen molar-refractivity contribution in [2.24, 2.45) is 0 Å². The predicted octanol–water partition coefficient (Wildman–Crippen LogP) is 5.68. The lowest BCUT2D eigenvalue weighted by Gasteiger charge is -2.11. The molecule has 0 fully saturated rings. The molecule has 1 N–H and O–H groups in total. The smallest absolute Gasteiger partial charge is 0.161 e. The molecule has 148 valence electrons. The molecule has 0 bridgehead atoms. The van der Waals surface area contributed by atoms with Gasteiger partial charge in [0.25, 0.3) is 0 Å². The van der Waals surface area contributed by atoms with Gasteiger partial charge in [-0.2, -0.15) is 0 Å². The maximum absolute atomic E-state index is 6.24. The molecule has 5 rings (SSSR count). The number of methoxy groups -OCH3 is 1. The van der Waals surface area contributed by atoms with Gasteiger partial charge in [-0.25, -0.2) is 4.98 Å². The molecule has 5 aromatic rings. The fourth-order valence-electron chi connectivity index (χ4n) is 3.58. The topological polar surface area (TPSA) is 64.9 Å². The van der Waals surface area contributed by atoms with Gasteiger partial charge < -0.3 is 10.1 Å². The zero-order chi connectivity index (χ0) is 20.7. The molecule has 0 aliphatic heterocycles. The van der Waals surface area contributed by atoms with E-state index in [0.29, 0.717) is 11.0 Å². The number of imidazole rings is 1. The second-order valence-electron chi connectivity index (χ2n) is 7.00. The van der Waals surface area contributed by atoms with Crippen LogP contribution in [0.1, 0.15) is 5.56 Å². The lowest BCUT2D eigenvalue weighted by molar-refractivity contribution is 0.413. The number of rotatable bonds is 4. The van der Waals surface area contributed by atoms with E-state index >= 15 is 0 Å². The highest BCUT2D eigenvalue weighted by Crippen LogP contribution is 2.31. The van der Waals surface area contributed by atoms with E-state index in [1.807, 2.05) is 72.2 Å². The Labute approximate surface area is 178 Å². The molecular formula is C23H18ClN5O. The summed E-state index contributed by atoms with van der Waals surface area (Å²) in [6.07, 6.45) is 1.80. The van der Waals surface area contributed by atoms with Gasteiger partial charge in [-0.05, 0) is 43.3 Å². The number of halogens is 1. The van der Waals surface area contributed by atoms with Crippen molar-refractivity contribution in [2.75, 3.05) is 12.4 Å². The Kier molecular flexibility index (Phi) is 4.48. The van der Waals surface area contributed by atoms with Crippen LogP contribution in [0.25, 0.3) is 27.5 Å². The quantitative estimate of drug-likeness (QED) is 0.409. The maximum atomic E-state index is 6.24. The number of aromatic nitrogens is 4. The molecule has 0 saturated carbocycles. The zero-order valence-corrected chi connectivity index (χ0v) is 17.2. The fourth-order valence-corrected chi connectivity index (χ4v) is 3.77. The molecule has 3 aromatic carbocycles. The first-order valence-electron chi connectivity index (χ1n) is 9.44. The van der Waals surface area contributed by atoms with E-state index in [2.05, 4.69) is 20.5 Å². The van der Waals surface area contributed by atoms with Crippen molar-refractivity contribution >= 4 is 44.9 Å². The van der Waals surface area contributed by atoms with Crippen molar-refractivity contribution in [2.45, 2.75) is 6.92 Å². The SMILES string of the molecule is COc1ccccc1-n1cnc2cc(Nc3nnc(Cl)c4cc(C)ccc34)ccc21. The van der Waals surface area contributed by atoms with E-state index in [0.717, 1.165) is 44.5 Å². The number of ether oxygens (including phenoxy) is 1. The van der Waals surface area contributed by atoms with Crippen LogP contribution < -0.4 is 10.1 Å². The second-order valence-corrected chi connectivity index (χ2v) is 7.36. The lowest BCUT2D eigenvalue weighted by Crippen LogP contribution is -1.98. The molecule has 7 heteroatoms. The van der Waals surface area contributed by atoms with Crippen LogP contribution in [0.4, 0.5) is 11.5 Å². The van der Waals surface area contributed by atoms with E-state index in [9.17, 15) is 0 Å². The number of para-hydroxylation sites is 2. The summed E-state index contributed by atoms with van der Waals surface area (Å²) in [6, 6.07) is 19.9. The number of benzene rings is 3. The summed E-state index contributed by atoms with van der Waals surface area (Å²) in [4.78, 5) is 4.57. The standard InChI is InChI=1S/C23H18ClN5O/c1-14-7-9-16-17(11-14)22(24)27-28-23(16)26-15-8-10-19-18(12-15)25-13-29(19)20-5-3-4-6-21(20)30-2/h3-13H,1-2H3,(H,26,28). The van der Waals surface area contributed by atoms with Crippen LogP contribution in [0.5, 0.6) is 5.75 Å². The Balaban J connectivity index is 1.55. The number of nitrogens with one attached hydrogen (secondary N) is 1. The van der Waals surface area contributed by atoms with E-state index in [-0.39, 0.29) is 0 Å². The van der Waals surface area contributed by atoms with Crippen molar-refractivity contribution in [1.29, 1.82) is 0 Å². The molecule has 2 aromatic heterocycles. The van der Waals surface area contributed by atoms with Gasteiger partial charge in [-0.15, -0.1) is 10.2 Å². The molecule has 0 amide bonds. The average Bonchev–Trinajstić information content (AvgIpc) is 3.19. The summed E-state index contributed by atoms with van der Waals surface area (Å²) in [5.74, 6) is 1.44. The maximum Gasteiger partial charge on any atom is 0.161 e. The summed E-state index contributed by atoms with van der Waals surface area (Å²) in [5, 5.41) is 13.9. The lowest BCUT2D eigenvalue weighted by atomic mass is 10.1. The van der Waals surface area contributed by atoms with Crippen LogP contribution in [-0.4, -0.2) is 26.9 Å². The van der Waals surface area contributed by atoms with E-state index in [4.69, 9.17) is 16.3 Å². The molecule has 30 heavy (non-hydrogen) atoms. The van der Waals surface area contributed by atoms with Gasteiger partial charge in [0.1, 0.15) is 12.1 Å². The van der Waals surface area contributed by atoms with Crippen molar-refractivity contribution in [3.8, 4) is 11.4 Å². The average molecular weight is 416 g/mol. The minimum atomic E-state index is 0.394. The fraction of sp³-hybridized carbons (Fsp3) is 0.0870. The van der Waals surface area contributed by atoms with Gasteiger partial charge in [0, 0.05) is 16.5 Å². The van der Waals surface area contributed by atoms with Crippen molar-refractivity contribution in [1.82, 2.24) is 19.7 Å². The Hall–Kier alpha value is -3.64. The monoisotopic (exact) mass is 415 g/mol. The predicted molar refractivity (Wildman–Crippen MR) is 120 cm³/mol.